The number of hydrogen-bond acceptors (Lipinski definition) is 7. The number of ether oxygens (including phenoxy) is 1. The van der Waals surface area contributed by atoms with Gasteiger partial charge in [0.25, 0.3) is 10.0 Å². The molecule has 2 aromatic heterocycles. The number of carbonyl (C=O) groups excluding carboxylic acids is 1. The van der Waals surface area contributed by atoms with Gasteiger partial charge >= 0.3 is 5.97 Å². The molecule has 0 saturated carbocycles. The van der Waals surface area contributed by atoms with Gasteiger partial charge in [0.05, 0.1) is 28.4 Å². The van der Waals surface area contributed by atoms with Crippen molar-refractivity contribution in [3.05, 3.63) is 88.8 Å². The summed E-state index contributed by atoms with van der Waals surface area (Å²) in [6, 6.07) is 14.9. The van der Waals surface area contributed by atoms with Crippen LogP contribution in [-0.2, 0) is 14.8 Å². The molecule has 174 valence electrons. The zero-order valence-electron chi connectivity index (χ0n) is 18.6. The second kappa shape index (κ2) is 9.28. The van der Waals surface area contributed by atoms with Gasteiger partial charge in [-0.1, -0.05) is 41.4 Å². The lowest BCUT2D eigenvalue weighted by Crippen LogP contribution is -2.18. The molecule has 4 aromatic rings. The van der Waals surface area contributed by atoms with Crippen LogP contribution in [0.5, 0.6) is 0 Å². The average molecular weight is 497 g/mol. The van der Waals surface area contributed by atoms with Crippen LogP contribution in [0.1, 0.15) is 21.6 Å². The van der Waals surface area contributed by atoms with E-state index in [-0.39, 0.29) is 16.5 Å². The van der Waals surface area contributed by atoms with Crippen molar-refractivity contribution in [1.82, 2.24) is 13.9 Å². The zero-order valence-corrected chi connectivity index (χ0v) is 20.2. The standard InChI is InChI=1S/C24H21ClN4O4S/c1-15-8-10-18(11-9-15)34(31,32)29-14-17(12-21(29)23(30)33-3)22-16(2)13-26-24(28-22)27-20-7-5-4-6-19(20)25/h4-14H,1-3H3,(H,26,27,28). The van der Waals surface area contributed by atoms with Gasteiger partial charge in [-0.2, -0.15) is 0 Å². The van der Waals surface area contributed by atoms with E-state index < -0.39 is 16.0 Å². The van der Waals surface area contributed by atoms with Gasteiger partial charge in [-0.15, -0.1) is 0 Å². The summed E-state index contributed by atoms with van der Waals surface area (Å²) in [5.74, 6) is -0.523. The van der Waals surface area contributed by atoms with Crippen molar-refractivity contribution in [2.24, 2.45) is 0 Å². The lowest BCUT2D eigenvalue weighted by Gasteiger charge is -2.10. The number of aromatic nitrogens is 3. The number of esters is 1. The number of rotatable bonds is 6. The highest BCUT2D eigenvalue weighted by Gasteiger charge is 2.26. The van der Waals surface area contributed by atoms with Crippen LogP contribution >= 0.6 is 11.6 Å². The van der Waals surface area contributed by atoms with Gasteiger partial charge in [-0.3, -0.25) is 0 Å². The number of benzene rings is 2. The Bertz CT molecular complexity index is 1480. The average Bonchev–Trinajstić information content (AvgIpc) is 3.28. The van der Waals surface area contributed by atoms with Gasteiger partial charge in [0.1, 0.15) is 5.69 Å². The number of anilines is 2. The number of nitrogens with zero attached hydrogens (tertiary/aromatic N) is 3. The summed E-state index contributed by atoms with van der Waals surface area (Å²) in [4.78, 5) is 21.4. The quantitative estimate of drug-likeness (QED) is 0.375. The highest BCUT2D eigenvalue weighted by Crippen LogP contribution is 2.29. The normalized spacial score (nSPS) is 11.3. The Morgan fingerprint density at radius 2 is 1.79 bits per heavy atom. The Hall–Kier alpha value is -3.69. The summed E-state index contributed by atoms with van der Waals surface area (Å²) in [5.41, 5.74) is 2.94. The minimum Gasteiger partial charge on any atom is -0.464 e. The molecule has 10 heteroatoms. The fourth-order valence-corrected chi connectivity index (χ4v) is 4.86. The van der Waals surface area contributed by atoms with E-state index in [4.69, 9.17) is 16.3 Å². The van der Waals surface area contributed by atoms with Crippen molar-refractivity contribution in [3.8, 4) is 11.3 Å². The smallest absolute Gasteiger partial charge is 0.355 e. The molecular formula is C24H21ClN4O4S. The Labute approximate surface area is 202 Å². The van der Waals surface area contributed by atoms with Gasteiger partial charge in [0.2, 0.25) is 5.95 Å². The van der Waals surface area contributed by atoms with Crippen LogP contribution in [0.2, 0.25) is 5.02 Å². The molecule has 0 saturated heterocycles. The molecule has 0 aliphatic rings. The Kier molecular flexibility index (Phi) is 6.41. The van der Waals surface area contributed by atoms with Crippen LogP contribution in [0.4, 0.5) is 11.6 Å². The first-order valence-electron chi connectivity index (χ1n) is 10.2. The van der Waals surface area contributed by atoms with E-state index >= 15 is 0 Å². The van der Waals surface area contributed by atoms with E-state index in [2.05, 4.69) is 15.3 Å². The summed E-state index contributed by atoms with van der Waals surface area (Å²) in [6.07, 6.45) is 2.96. The largest absolute Gasteiger partial charge is 0.464 e. The fraction of sp³-hybridized carbons (Fsp3) is 0.125. The monoisotopic (exact) mass is 496 g/mol. The van der Waals surface area contributed by atoms with Crippen LogP contribution in [0.15, 0.2) is 71.9 Å². The number of hydrogen-bond donors (Lipinski definition) is 1. The molecule has 0 atom stereocenters. The summed E-state index contributed by atoms with van der Waals surface area (Å²) in [6.45, 7) is 3.65. The summed E-state index contributed by atoms with van der Waals surface area (Å²) in [7, 11) is -2.87. The molecule has 2 aromatic carbocycles. The molecule has 1 N–H and O–H groups in total. The molecule has 8 nitrogen and oxygen atoms in total. The van der Waals surface area contributed by atoms with Crippen molar-refractivity contribution < 1.29 is 17.9 Å². The minimum absolute atomic E-state index is 0.0471. The molecule has 0 fully saturated rings. The topological polar surface area (TPSA) is 103 Å². The number of carbonyl (C=O) groups is 1. The Balaban J connectivity index is 1.81. The highest BCUT2D eigenvalue weighted by atomic mass is 35.5. The van der Waals surface area contributed by atoms with E-state index in [9.17, 15) is 13.2 Å². The van der Waals surface area contributed by atoms with Crippen LogP contribution in [-0.4, -0.2) is 35.4 Å². The van der Waals surface area contributed by atoms with Crippen LogP contribution in [0, 0.1) is 13.8 Å². The van der Waals surface area contributed by atoms with Gasteiger partial charge in [0, 0.05) is 18.0 Å². The molecule has 0 aliphatic heterocycles. The first-order valence-corrected chi connectivity index (χ1v) is 12.0. The van der Waals surface area contributed by atoms with Crippen molar-refractivity contribution in [3.63, 3.8) is 0 Å². The maximum Gasteiger partial charge on any atom is 0.355 e. The van der Waals surface area contributed by atoms with E-state index in [1.54, 1.807) is 43.5 Å². The van der Waals surface area contributed by atoms with Gasteiger partial charge < -0.3 is 10.1 Å². The lowest BCUT2D eigenvalue weighted by molar-refractivity contribution is 0.0593. The van der Waals surface area contributed by atoms with Crippen LogP contribution in [0.25, 0.3) is 11.3 Å². The van der Waals surface area contributed by atoms with Crippen LogP contribution in [0.3, 0.4) is 0 Å². The Morgan fingerprint density at radius 1 is 1.09 bits per heavy atom. The first kappa shape index (κ1) is 23.5. The molecule has 34 heavy (non-hydrogen) atoms. The highest BCUT2D eigenvalue weighted by molar-refractivity contribution is 7.90. The maximum atomic E-state index is 13.4. The number of halogens is 1. The molecule has 0 unspecified atom stereocenters. The molecular weight excluding hydrogens is 476 g/mol. The molecule has 0 amide bonds. The molecule has 0 aliphatic carbocycles. The Morgan fingerprint density at radius 3 is 2.47 bits per heavy atom. The number of nitrogens with one attached hydrogen (secondary N) is 1. The maximum absolute atomic E-state index is 13.4. The van der Waals surface area contributed by atoms with E-state index in [0.717, 1.165) is 9.54 Å². The van der Waals surface area contributed by atoms with E-state index in [0.29, 0.717) is 27.5 Å². The summed E-state index contributed by atoms with van der Waals surface area (Å²) in [5, 5.41) is 3.55. The van der Waals surface area contributed by atoms with Gasteiger partial charge in [-0.05, 0) is 49.7 Å². The molecule has 4 rings (SSSR count). The first-order chi connectivity index (χ1) is 16.2. The third kappa shape index (κ3) is 4.52. The van der Waals surface area contributed by atoms with Crippen molar-refractivity contribution >= 4 is 39.2 Å². The third-order valence-electron chi connectivity index (χ3n) is 5.12. The molecule has 0 radical (unpaired) electrons. The van der Waals surface area contributed by atoms with E-state index in [1.165, 1.54) is 31.5 Å². The molecule has 0 spiro atoms. The van der Waals surface area contributed by atoms with Crippen molar-refractivity contribution in [2.45, 2.75) is 18.7 Å². The zero-order chi connectivity index (χ0) is 24.5. The fourth-order valence-electron chi connectivity index (χ4n) is 3.33. The number of methoxy groups -OCH3 is 1. The van der Waals surface area contributed by atoms with Gasteiger partial charge in [0.15, 0.2) is 0 Å². The predicted molar refractivity (Wildman–Crippen MR) is 130 cm³/mol. The van der Waals surface area contributed by atoms with Crippen LogP contribution < -0.4 is 5.32 Å². The number of para-hydroxylation sites is 1. The molecule has 2 heterocycles. The van der Waals surface area contributed by atoms with Gasteiger partial charge in [-0.25, -0.2) is 27.2 Å². The third-order valence-corrected chi connectivity index (χ3v) is 7.14. The lowest BCUT2D eigenvalue weighted by atomic mass is 10.1. The number of aryl methyl sites for hydroxylation is 2. The SMILES string of the molecule is COC(=O)c1cc(-c2nc(Nc3ccccc3Cl)ncc2C)cn1S(=O)(=O)c1ccc(C)cc1. The van der Waals surface area contributed by atoms with Crippen molar-refractivity contribution in [1.29, 1.82) is 0 Å². The second-order valence-corrected chi connectivity index (χ2v) is 9.77. The summed E-state index contributed by atoms with van der Waals surface area (Å²) < 4.78 is 32.5. The predicted octanol–water partition coefficient (Wildman–Crippen LogP) is 4.98. The van der Waals surface area contributed by atoms with Crippen molar-refractivity contribution in [2.75, 3.05) is 12.4 Å². The minimum atomic E-state index is -4.07. The van der Waals surface area contributed by atoms with E-state index in [1.807, 2.05) is 13.0 Å². The molecule has 0 bridgehead atoms. The second-order valence-electron chi connectivity index (χ2n) is 7.55. The summed E-state index contributed by atoms with van der Waals surface area (Å²) >= 11 is 6.22.